The molecule has 2 rings (SSSR count). The number of esters is 1. The number of halogens is 6. The number of carbonyl (C=O) groups is 1. The second-order valence-electron chi connectivity index (χ2n) is 5.51. The van der Waals surface area contributed by atoms with E-state index in [-0.39, 0.29) is 31.5 Å². The van der Waals surface area contributed by atoms with Gasteiger partial charge in [-0.25, -0.2) is 4.79 Å². The Morgan fingerprint density at radius 3 is 2.16 bits per heavy atom. The predicted molar refractivity (Wildman–Crippen MR) is 75.0 cm³/mol. The summed E-state index contributed by atoms with van der Waals surface area (Å²) in [6.45, 7) is -0.0363. The van der Waals surface area contributed by atoms with Crippen LogP contribution in [0.3, 0.4) is 0 Å². The Kier molecular flexibility index (Phi) is 5.50. The number of alkyl halides is 6. The van der Waals surface area contributed by atoms with Gasteiger partial charge in [0, 0.05) is 18.8 Å². The molecule has 1 aromatic rings. The van der Waals surface area contributed by atoms with E-state index in [1.54, 1.807) is 0 Å². The molecule has 1 aliphatic rings. The summed E-state index contributed by atoms with van der Waals surface area (Å²) >= 11 is 0. The number of benzene rings is 1. The molecule has 4 nitrogen and oxygen atoms in total. The average Bonchev–Trinajstić information content (AvgIpc) is 2.99. The highest BCUT2D eigenvalue weighted by Crippen LogP contribution is 2.39. The first kappa shape index (κ1) is 19.4. The van der Waals surface area contributed by atoms with E-state index in [0.29, 0.717) is 18.6 Å². The third-order valence-electron chi connectivity index (χ3n) is 3.75. The normalized spacial score (nSPS) is 18.5. The first-order valence-corrected chi connectivity index (χ1v) is 7.23. The third-order valence-corrected chi connectivity index (χ3v) is 3.75. The molecular formula is C15H15F6NO3. The van der Waals surface area contributed by atoms with E-state index in [4.69, 9.17) is 4.74 Å². The van der Waals surface area contributed by atoms with E-state index in [0.717, 1.165) is 0 Å². The number of methoxy groups -OCH3 is 1. The minimum absolute atomic E-state index is 0.0790. The van der Waals surface area contributed by atoms with Crippen molar-refractivity contribution in [1.82, 2.24) is 0 Å². The number of ether oxygens (including phenoxy) is 2. The van der Waals surface area contributed by atoms with Crippen LogP contribution in [-0.4, -0.2) is 38.9 Å². The first-order chi connectivity index (χ1) is 11.5. The van der Waals surface area contributed by atoms with Crippen LogP contribution < -0.4 is 4.90 Å². The van der Waals surface area contributed by atoms with Crippen LogP contribution in [0.15, 0.2) is 18.2 Å². The summed E-state index contributed by atoms with van der Waals surface area (Å²) in [5, 5.41) is 0. The molecule has 1 heterocycles. The van der Waals surface area contributed by atoms with Gasteiger partial charge in [0.15, 0.2) is 0 Å². The fourth-order valence-corrected chi connectivity index (χ4v) is 2.46. The largest absolute Gasteiger partial charge is 0.467 e. The van der Waals surface area contributed by atoms with Crippen molar-refractivity contribution in [1.29, 1.82) is 0 Å². The molecule has 25 heavy (non-hydrogen) atoms. The topological polar surface area (TPSA) is 38.8 Å². The maximum Gasteiger partial charge on any atom is 0.416 e. The Hall–Kier alpha value is -1.97. The smallest absolute Gasteiger partial charge is 0.416 e. The lowest BCUT2D eigenvalue weighted by atomic mass is 10.1. The molecule has 0 radical (unpaired) electrons. The van der Waals surface area contributed by atoms with Crippen molar-refractivity contribution in [2.24, 2.45) is 0 Å². The van der Waals surface area contributed by atoms with Crippen molar-refractivity contribution in [2.45, 2.75) is 24.9 Å². The molecule has 0 saturated carbocycles. The monoisotopic (exact) mass is 371 g/mol. The lowest BCUT2D eigenvalue weighted by Gasteiger charge is -2.22. The highest BCUT2D eigenvalue weighted by atomic mass is 19.4. The number of hydrogen-bond donors (Lipinski definition) is 0. The van der Waals surface area contributed by atoms with Crippen molar-refractivity contribution < 1.29 is 40.6 Å². The fraction of sp³-hybridized carbons (Fsp3) is 0.533. The minimum Gasteiger partial charge on any atom is -0.467 e. The Balaban J connectivity index is 2.20. The summed E-state index contributed by atoms with van der Waals surface area (Å²) < 4.78 is 87.0. The molecule has 1 atom stereocenters. The van der Waals surface area contributed by atoms with E-state index in [2.05, 4.69) is 4.74 Å². The van der Waals surface area contributed by atoms with Gasteiger partial charge in [-0.3, -0.25) is 0 Å². The molecule has 1 aromatic carbocycles. The lowest BCUT2D eigenvalue weighted by Crippen LogP contribution is -2.25. The van der Waals surface area contributed by atoms with Gasteiger partial charge in [0.2, 0.25) is 0 Å². The summed E-state index contributed by atoms with van der Waals surface area (Å²) in [7, 11) is 1.17. The standard InChI is InChI=1S/C15H15F6NO3/c1-24-13(23)8-25-12-2-3-22(7-12)11-5-9(14(16,17)18)4-10(6-11)15(19,20)21/h4-6,12H,2-3,7-8H2,1H3/t12-/m0/s1. The second-order valence-corrected chi connectivity index (χ2v) is 5.51. The van der Waals surface area contributed by atoms with Crippen LogP contribution in [0.1, 0.15) is 17.5 Å². The molecule has 0 amide bonds. The molecule has 10 heteroatoms. The van der Waals surface area contributed by atoms with Crippen LogP contribution in [0, 0.1) is 0 Å². The van der Waals surface area contributed by atoms with Crippen molar-refractivity contribution in [3.05, 3.63) is 29.3 Å². The van der Waals surface area contributed by atoms with Crippen LogP contribution in [0.2, 0.25) is 0 Å². The summed E-state index contributed by atoms with van der Waals surface area (Å²) in [4.78, 5) is 12.4. The summed E-state index contributed by atoms with van der Waals surface area (Å²) in [6, 6.07) is 1.45. The van der Waals surface area contributed by atoms with Crippen molar-refractivity contribution >= 4 is 11.7 Å². The maximum atomic E-state index is 12.9. The molecule has 0 unspecified atom stereocenters. The minimum atomic E-state index is -4.89. The molecule has 0 aromatic heterocycles. The SMILES string of the molecule is COC(=O)CO[C@H]1CCN(c2cc(C(F)(F)F)cc(C(F)(F)F)c2)C1. The van der Waals surface area contributed by atoms with Gasteiger partial charge in [0.1, 0.15) is 6.61 Å². The van der Waals surface area contributed by atoms with Gasteiger partial charge in [-0.1, -0.05) is 0 Å². The Morgan fingerprint density at radius 2 is 1.68 bits per heavy atom. The highest BCUT2D eigenvalue weighted by molar-refractivity contribution is 5.70. The zero-order valence-electron chi connectivity index (χ0n) is 13.1. The summed E-state index contributed by atoms with van der Waals surface area (Å²) in [5.41, 5.74) is -2.92. The van der Waals surface area contributed by atoms with Gasteiger partial charge in [-0.2, -0.15) is 26.3 Å². The van der Waals surface area contributed by atoms with E-state index >= 15 is 0 Å². The van der Waals surface area contributed by atoms with Gasteiger partial charge >= 0.3 is 18.3 Å². The van der Waals surface area contributed by atoms with Crippen LogP contribution >= 0.6 is 0 Å². The van der Waals surface area contributed by atoms with Gasteiger partial charge in [0.05, 0.1) is 24.3 Å². The van der Waals surface area contributed by atoms with Gasteiger partial charge in [-0.05, 0) is 24.6 Å². The van der Waals surface area contributed by atoms with Gasteiger partial charge in [0.25, 0.3) is 0 Å². The number of hydrogen-bond acceptors (Lipinski definition) is 4. The van der Waals surface area contributed by atoms with Crippen molar-refractivity contribution in [2.75, 3.05) is 31.7 Å². The molecule has 1 fully saturated rings. The van der Waals surface area contributed by atoms with Crippen LogP contribution in [-0.2, 0) is 26.6 Å². The van der Waals surface area contributed by atoms with Gasteiger partial charge in [-0.15, -0.1) is 0 Å². The number of rotatable bonds is 4. The average molecular weight is 371 g/mol. The van der Waals surface area contributed by atoms with E-state index in [9.17, 15) is 31.1 Å². The van der Waals surface area contributed by atoms with E-state index < -0.39 is 35.6 Å². The molecule has 0 bridgehead atoms. The van der Waals surface area contributed by atoms with Gasteiger partial charge < -0.3 is 14.4 Å². The van der Waals surface area contributed by atoms with E-state index in [1.165, 1.54) is 12.0 Å². The van der Waals surface area contributed by atoms with E-state index in [1.807, 2.05) is 0 Å². The first-order valence-electron chi connectivity index (χ1n) is 7.23. The molecular weight excluding hydrogens is 356 g/mol. The van der Waals surface area contributed by atoms with Crippen LogP contribution in [0.5, 0.6) is 0 Å². The predicted octanol–water partition coefficient (Wildman–Crippen LogP) is 3.49. The molecule has 1 saturated heterocycles. The number of nitrogens with zero attached hydrogens (tertiary/aromatic N) is 1. The van der Waals surface area contributed by atoms with Crippen LogP contribution in [0.25, 0.3) is 0 Å². The zero-order chi connectivity index (χ0) is 18.8. The highest BCUT2D eigenvalue weighted by Gasteiger charge is 2.38. The fourth-order valence-electron chi connectivity index (χ4n) is 2.46. The summed E-state index contributed by atoms with van der Waals surface area (Å²) in [6.07, 6.45) is -9.90. The summed E-state index contributed by atoms with van der Waals surface area (Å²) in [5.74, 6) is -0.614. The van der Waals surface area contributed by atoms with Crippen molar-refractivity contribution in [3.8, 4) is 0 Å². The third kappa shape index (κ3) is 5.00. The number of carbonyl (C=O) groups excluding carboxylic acids is 1. The Morgan fingerprint density at radius 1 is 1.12 bits per heavy atom. The van der Waals surface area contributed by atoms with Crippen LogP contribution in [0.4, 0.5) is 32.0 Å². The number of anilines is 1. The molecule has 140 valence electrons. The second kappa shape index (κ2) is 7.11. The molecule has 0 N–H and O–H groups in total. The quantitative estimate of drug-likeness (QED) is 0.600. The Labute approximate surface area is 139 Å². The molecule has 1 aliphatic heterocycles. The lowest BCUT2D eigenvalue weighted by molar-refractivity contribution is -0.147. The van der Waals surface area contributed by atoms with Crippen molar-refractivity contribution in [3.63, 3.8) is 0 Å². The molecule has 0 aliphatic carbocycles. The zero-order valence-corrected chi connectivity index (χ0v) is 13.1. The molecule has 0 spiro atoms. The maximum absolute atomic E-state index is 12.9. The Bertz CT molecular complexity index is 596.